The van der Waals surface area contributed by atoms with Crippen molar-refractivity contribution in [1.29, 1.82) is 0 Å². The SMILES string of the molecule is O=C1NC(C(=O)c2ccc(F)c(F)c2)CO1. The summed E-state index contributed by atoms with van der Waals surface area (Å²) in [5, 5.41) is 2.26. The third-order valence-corrected chi connectivity index (χ3v) is 2.19. The Kier molecular flexibility index (Phi) is 2.55. The van der Waals surface area contributed by atoms with Crippen molar-refractivity contribution in [3.8, 4) is 0 Å². The zero-order valence-corrected chi connectivity index (χ0v) is 8.00. The number of halogens is 2. The summed E-state index contributed by atoms with van der Waals surface area (Å²) < 4.78 is 30.0. The Bertz CT molecular complexity index is 461. The summed E-state index contributed by atoms with van der Waals surface area (Å²) in [7, 11) is 0. The van der Waals surface area contributed by atoms with Gasteiger partial charge in [0.25, 0.3) is 0 Å². The number of ketones is 1. The number of ether oxygens (including phenoxy) is 1. The molecule has 6 heteroatoms. The van der Waals surface area contributed by atoms with Crippen LogP contribution in [0.3, 0.4) is 0 Å². The van der Waals surface area contributed by atoms with Crippen LogP contribution in [0.15, 0.2) is 18.2 Å². The molecule has 2 rings (SSSR count). The highest BCUT2D eigenvalue weighted by molar-refractivity contribution is 6.02. The number of alkyl carbamates (subject to hydrolysis) is 1. The third-order valence-electron chi connectivity index (χ3n) is 2.19. The summed E-state index contributed by atoms with van der Waals surface area (Å²) in [6.45, 7) is -0.101. The zero-order valence-electron chi connectivity index (χ0n) is 8.00. The van der Waals surface area contributed by atoms with Gasteiger partial charge in [0.1, 0.15) is 12.6 Å². The minimum absolute atomic E-state index is 0.00491. The highest BCUT2D eigenvalue weighted by Gasteiger charge is 2.29. The van der Waals surface area contributed by atoms with E-state index in [1.165, 1.54) is 0 Å². The first-order chi connectivity index (χ1) is 7.58. The maximum absolute atomic E-state index is 12.9. The highest BCUT2D eigenvalue weighted by Crippen LogP contribution is 2.12. The molecule has 1 aliphatic rings. The number of cyclic esters (lactones) is 1. The molecule has 1 amide bonds. The van der Waals surface area contributed by atoms with E-state index < -0.39 is 29.6 Å². The van der Waals surface area contributed by atoms with Gasteiger partial charge in [-0.25, -0.2) is 13.6 Å². The first-order valence-electron chi connectivity index (χ1n) is 4.50. The van der Waals surface area contributed by atoms with Crippen LogP contribution in [0, 0.1) is 11.6 Å². The minimum atomic E-state index is -1.10. The molecule has 1 aromatic rings. The zero-order chi connectivity index (χ0) is 11.7. The standard InChI is InChI=1S/C10H7F2NO3/c11-6-2-1-5(3-7(6)12)9(14)8-4-16-10(15)13-8/h1-3,8H,4H2,(H,13,15). The van der Waals surface area contributed by atoms with Gasteiger partial charge in [-0.1, -0.05) is 0 Å². The van der Waals surface area contributed by atoms with Crippen molar-refractivity contribution in [2.75, 3.05) is 6.61 Å². The molecule has 1 fully saturated rings. The molecule has 16 heavy (non-hydrogen) atoms. The van der Waals surface area contributed by atoms with E-state index in [1.54, 1.807) is 0 Å². The summed E-state index contributed by atoms with van der Waals surface area (Å²) in [4.78, 5) is 22.4. The highest BCUT2D eigenvalue weighted by atomic mass is 19.2. The maximum atomic E-state index is 12.9. The lowest BCUT2D eigenvalue weighted by Crippen LogP contribution is -2.34. The molecular formula is C10H7F2NO3. The lowest BCUT2D eigenvalue weighted by molar-refractivity contribution is 0.0943. The van der Waals surface area contributed by atoms with Gasteiger partial charge in [0.15, 0.2) is 17.4 Å². The van der Waals surface area contributed by atoms with Crippen molar-refractivity contribution in [3.63, 3.8) is 0 Å². The molecule has 1 aliphatic heterocycles. The van der Waals surface area contributed by atoms with Gasteiger partial charge < -0.3 is 10.1 Å². The van der Waals surface area contributed by atoms with Crippen LogP contribution in [0.25, 0.3) is 0 Å². The summed E-state index contributed by atoms with van der Waals surface area (Å²) >= 11 is 0. The van der Waals surface area contributed by atoms with E-state index in [0.29, 0.717) is 0 Å². The Morgan fingerprint density at radius 1 is 1.38 bits per heavy atom. The average Bonchev–Trinajstić information content (AvgIpc) is 2.68. The molecule has 1 aromatic carbocycles. The Morgan fingerprint density at radius 2 is 2.12 bits per heavy atom. The molecule has 1 atom stereocenters. The van der Waals surface area contributed by atoms with Gasteiger partial charge in [0.2, 0.25) is 0 Å². The lowest BCUT2D eigenvalue weighted by atomic mass is 10.1. The van der Waals surface area contributed by atoms with Crippen LogP contribution in [0.4, 0.5) is 13.6 Å². The summed E-state index contributed by atoms with van der Waals surface area (Å²) in [6, 6.07) is 1.98. The second-order valence-electron chi connectivity index (χ2n) is 3.29. The normalized spacial score (nSPS) is 19.1. The van der Waals surface area contributed by atoms with E-state index >= 15 is 0 Å². The Balaban J connectivity index is 2.21. The molecule has 0 radical (unpaired) electrons. The molecule has 4 nitrogen and oxygen atoms in total. The van der Waals surface area contributed by atoms with Crippen LogP contribution < -0.4 is 5.32 Å². The third kappa shape index (κ3) is 1.86. The van der Waals surface area contributed by atoms with Gasteiger partial charge in [-0.15, -0.1) is 0 Å². The van der Waals surface area contributed by atoms with Gasteiger partial charge >= 0.3 is 6.09 Å². The minimum Gasteiger partial charge on any atom is -0.447 e. The quantitative estimate of drug-likeness (QED) is 0.774. The van der Waals surface area contributed by atoms with Crippen LogP contribution in [0.5, 0.6) is 0 Å². The van der Waals surface area contributed by atoms with Crippen LogP contribution in [-0.2, 0) is 4.74 Å². The molecule has 0 aliphatic carbocycles. The van der Waals surface area contributed by atoms with Gasteiger partial charge in [-0.3, -0.25) is 4.79 Å². The van der Waals surface area contributed by atoms with Crippen LogP contribution in [-0.4, -0.2) is 24.5 Å². The van der Waals surface area contributed by atoms with E-state index in [2.05, 4.69) is 10.1 Å². The lowest BCUT2D eigenvalue weighted by Gasteiger charge is -2.06. The number of nitrogens with one attached hydrogen (secondary N) is 1. The second-order valence-corrected chi connectivity index (χ2v) is 3.29. The van der Waals surface area contributed by atoms with Crippen molar-refractivity contribution in [2.45, 2.75) is 6.04 Å². The smallest absolute Gasteiger partial charge is 0.407 e. The van der Waals surface area contributed by atoms with Gasteiger partial charge in [-0.2, -0.15) is 0 Å². The van der Waals surface area contributed by atoms with E-state index in [1.807, 2.05) is 0 Å². The number of hydrogen-bond donors (Lipinski definition) is 1. The van der Waals surface area contributed by atoms with Crippen molar-refractivity contribution >= 4 is 11.9 Å². The van der Waals surface area contributed by atoms with Crippen molar-refractivity contribution in [1.82, 2.24) is 5.32 Å². The summed E-state index contributed by atoms with van der Waals surface area (Å²) in [5.74, 6) is -2.64. The largest absolute Gasteiger partial charge is 0.447 e. The fourth-order valence-electron chi connectivity index (χ4n) is 1.38. The number of amides is 1. The molecule has 84 valence electrons. The van der Waals surface area contributed by atoms with Crippen molar-refractivity contribution in [2.24, 2.45) is 0 Å². The Morgan fingerprint density at radius 3 is 2.69 bits per heavy atom. The molecule has 0 bridgehead atoms. The van der Waals surface area contributed by atoms with Crippen LogP contribution in [0.2, 0.25) is 0 Å². The Hall–Kier alpha value is -1.98. The van der Waals surface area contributed by atoms with Gasteiger partial charge in [0.05, 0.1) is 0 Å². The van der Waals surface area contributed by atoms with Crippen molar-refractivity contribution < 1.29 is 23.1 Å². The predicted octanol–water partition coefficient (Wildman–Crippen LogP) is 1.26. The van der Waals surface area contributed by atoms with Crippen LogP contribution >= 0.6 is 0 Å². The van der Waals surface area contributed by atoms with E-state index in [0.717, 1.165) is 18.2 Å². The predicted molar refractivity (Wildman–Crippen MR) is 49.0 cm³/mol. The summed E-state index contributed by atoms with van der Waals surface area (Å²) in [5.41, 5.74) is -0.00491. The molecule has 0 spiro atoms. The van der Waals surface area contributed by atoms with Gasteiger partial charge in [-0.05, 0) is 18.2 Å². The van der Waals surface area contributed by atoms with E-state index in [-0.39, 0.29) is 12.2 Å². The number of rotatable bonds is 2. The molecule has 0 aromatic heterocycles. The molecule has 1 heterocycles. The molecule has 1 saturated heterocycles. The number of hydrogen-bond acceptors (Lipinski definition) is 3. The molecule has 1 unspecified atom stereocenters. The fraction of sp³-hybridized carbons (Fsp3) is 0.200. The molecular weight excluding hydrogens is 220 g/mol. The summed E-state index contributed by atoms with van der Waals surface area (Å²) in [6.07, 6.45) is -0.694. The molecule has 1 N–H and O–H groups in total. The average molecular weight is 227 g/mol. The monoisotopic (exact) mass is 227 g/mol. The number of benzene rings is 1. The maximum Gasteiger partial charge on any atom is 0.407 e. The topological polar surface area (TPSA) is 55.4 Å². The molecule has 0 saturated carbocycles. The number of Topliss-reactive ketones (excluding diaryl/α,β-unsaturated/α-hetero) is 1. The fourth-order valence-corrected chi connectivity index (χ4v) is 1.38. The number of carbonyl (C=O) groups is 2. The van der Waals surface area contributed by atoms with Crippen LogP contribution in [0.1, 0.15) is 10.4 Å². The second kappa shape index (κ2) is 3.88. The first kappa shape index (κ1) is 10.5. The van der Waals surface area contributed by atoms with E-state index in [4.69, 9.17) is 0 Å². The Labute approximate surface area is 89.2 Å². The van der Waals surface area contributed by atoms with Gasteiger partial charge in [0, 0.05) is 5.56 Å². The first-order valence-corrected chi connectivity index (χ1v) is 4.50. The van der Waals surface area contributed by atoms with E-state index in [9.17, 15) is 18.4 Å². The number of carbonyl (C=O) groups excluding carboxylic acids is 2. The van der Waals surface area contributed by atoms with Crippen molar-refractivity contribution in [3.05, 3.63) is 35.4 Å².